The van der Waals surface area contributed by atoms with Crippen LogP contribution in [0, 0.1) is 6.92 Å². The quantitative estimate of drug-likeness (QED) is 0.707. The molecule has 1 saturated carbocycles. The zero-order chi connectivity index (χ0) is 11.2. The molecule has 0 atom stereocenters. The Labute approximate surface area is 94.9 Å². The Kier molecular flexibility index (Phi) is 1.90. The second-order valence-electron chi connectivity index (χ2n) is 4.52. The lowest BCUT2D eigenvalue weighted by Gasteiger charge is -2.04. The van der Waals surface area contributed by atoms with E-state index in [0.717, 1.165) is 30.3 Å². The van der Waals surface area contributed by atoms with Gasteiger partial charge in [-0.3, -0.25) is 0 Å². The number of hydrogen-bond donors (Lipinski definition) is 0. The highest BCUT2D eigenvalue weighted by atomic mass is 16.5. The van der Waals surface area contributed by atoms with Crippen LogP contribution in [0.4, 0.5) is 5.69 Å². The van der Waals surface area contributed by atoms with E-state index in [0.29, 0.717) is 0 Å². The zero-order valence-corrected chi connectivity index (χ0v) is 9.53. The average Bonchev–Trinajstić information content (AvgIpc) is 2.94. The molecule has 2 aliphatic rings. The van der Waals surface area contributed by atoms with E-state index >= 15 is 0 Å². The highest BCUT2D eigenvalue weighted by Crippen LogP contribution is 2.45. The van der Waals surface area contributed by atoms with Crippen molar-refractivity contribution in [1.82, 2.24) is 0 Å². The first-order chi connectivity index (χ1) is 7.68. The Hall–Kier alpha value is -1.64. The molecule has 0 saturated heterocycles. The summed E-state index contributed by atoms with van der Waals surface area (Å²) in [5, 5.41) is 0. The smallest absolute Gasteiger partial charge is 0.224 e. The first-order valence-electron chi connectivity index (χ1n) is 5.58. The monoisotopic (exact) mass is 214 g/mol. The number of benzene rings is 1. The van der Waals surface area contributed by atoms with E-state index in [-0.39, 0.29) is 5.54 Å². The Morgan fingerprint density at radius 1 is 1.19 bits per heavy atom. The number of rotatable bonds is 1. The second kappa shape index (κ2) is 3.17. The van der Waals surface area contributed by atoms with Crippen LogP contribution >= 0.6 is 0 Å². The van der Waals surface area contributed by atoms with Crippen molar-refractivity contribution in [2.75, 3.05) is 0 Å². The summed E-state index contributed by atoms with van der Waals surface area (Å²) in [6, 6.07) is 8.13. The van der Waals surface area contributed by atoms with Gasteiger partial charge in [0.05, 0.1) is 5.69 Å². The Morgan fingerprint density at radius 2 is 1.88 bits per heavy atom. The summed E-state index contributed by atoms with van der Waals surface area (Å²) < 4.78 is 5.57. The molecule has 0 aromatic heterocycles. The van der Waals surface area contributed by atoms with Crippen LogP contribution < -0.4 is 0 Å². The van der Waals surface area contributed by atoms with Gasteiger partial charge in [-0.1, -0.05) is 17.7 Å². The molecule has 0 N–H and O–H groups in total. The Morgan fingerprint density at radius 3 is 2.50 bits per heavy atom. The Bertz CT molecular complexity index is 481. The van der Waals surface area contributed by atoms with Crippen LogP contribution in [0.3, 0.4) is 0 Å². The molecule has 3 heteroatoms. The van der Waals surface area contributed by atoms with Gasteiger partial charge in [-0.05, 0) is 31.9 Å². The fraction of sp³-hybridized carbons (Fsp3) is 0.385. The van der Waals surface area contributed by atoms with Gasteiger partial charge in [0.2, 0.25) is 5.90 Å². The minimum atomic E-state index is -0.102. The van der Waals surface area contributed by atoms with Crippen molar-refractivity contribution in [3.05, 3.63) is 29.8 Å². The molecular formula is C13H14N2O. The molecule has 1 aromatic rings. The van der Waals surface area contributed by atoms with Crippen LogP contribution in [0.25, 0.3) is 0 Å². The maximum absolute atomic E-state index is 5.57. The molecule has 3 nitrogen and oxygen atoms in total. The molecule has 0 bridgehead atoms. The van der Waals surface area contributed by atoms with Gasteiger partial charge in [-0.2, -0.15) is 0 Å². The molecule has 0 unspecified atom stereocenters. The van der Waals surface area contributed by atoms with E-state index < -0.39 is 0 Å². The van der Waals surface area contributed by atoms with Crippen molar-refractivity contribution in [2.45, 2.75) is 32.2 Å². The predicted octanol–water partition coefficient (Wildman–Crippen LogP) is 3.01. The van der Waals surface area contributed by atoms with Gasteiger partial charge in [0.1, 0.15) is 5.54 Å². The molecule has 3 rings (SSSR count). The van der Waals surface area contributed by atoms with Gasteiger partial charge in [0, 0.05) is 6.92 Å². The maximum atomic E-state index is 5.57. The maximum Gasteiger partial charge on any atom is 0.224 e. The molecule has 16 heavy (non-hydrogen) atoms. The van der Waals surface area contributed by atoms with Crippen molar-refractivity contribution in [2.24, 2.45) is 9.98 Å². The SMILES string of the molecule is CC1=NC2(CC2)C(=Nc2ccc(C)cc2)O1. The molecule has 1 aliphatic carbocycles. The number of nitrogens with zero attached hydrogens (tertiary/aromatic N) is 2. The van der Waals surface area contributed by atoms with Gasteiger partial charge in [-0.25, -0.2) is 9.98 Å². The fourth-order valence-electron chi connectivity index (χ4n) is 1.91. The third-order valence-electron chi connectivity index (χ3n) is 3.00. The molecule has 1 aromatic carbocycles. The number of aliphatic imine (C=N–C) groups is 2. The normalized spacial score (nSPS) is 23.4. The van der Waals surface area contributed by atoms with Crippen molar-refractivity contribution < 1.29 is 4.74 Å². The van der Waals surface area contributed by atoms with Crippen molar-refractivity contribution in [1.29, 1.82) is 0 Å². The topological polar surface area (TPSA) is 34.0 Å². The van der Waals surface area contributed by atoms with E-state index in [1.807, 2.05) is 19.1 Å². The summed E-state index contributed by atoms with van der Waals surface area (Å²) in [6.07, 6.45) is 2.13. The van der Waals surface area contributed by atoms with Crippen LogP contribution in [-0.4, -0.2) is 17.3 Å². The minimum absolute atomic E-state index is 0.102. The third-order valence-corrected chi connectivity index (χ3v) is 3.00. The lowest BCUT2D eigenvalue weighted by Crippen LogP contribution is -2.16. The largest absolute Gasteiger partial charge is 0.427 e. The highest BCUT2D eigenvalue weighted by molar-refractivity contribution is 6.04. The van der Waals surface area contributed by atoms with Gasteiger partial charge in [0.25, 0.3) is 0 Å². The lowest BCUT2D eigenvalue weighted by atomic mass is 10.2. The van der Waals surface area contributed by atoms with Crippen molar-refractivity contribution >= 4 is 17.5 Å². The molecule has 1 fully saturated rings. The summed E-state index contributed by atoms with van der Waals surface area (Å²) in [6.45, 7) is 3.95. The molecule has 1 heterocycles. The first kappa shape index (κ1) is 9.58. The first-order valence-corrected chi connectivity index (χ1v) is 5.58. The highest BCUT2D eigenvalue weighted by Gasteiger charge is 2.53. The van der Waals surface area contributed by atoms with Crippen LogP contribution in [-0.2, 0) is 4.74 Å². The second-order valence-corrected chi connectivity index (χ2v) is 4.52. The fourth-order valence-corrected chi connectivity index (χ4v) is 1.91. The average molecular weight is 214 g/mol. The third kappa shape index (κ3) is 1.52. The van der Waals surface area contributed by atoms with E-state index in [9.17, 15) is 0 Å². The van der Waals surface area contributed by atoms with Gasteiger partial charge >= 0.3 is 0 Å². The van der Waals surface area contributed by atoms with E-state index in [1.165, 1.54) is 5.56 Å². The molecule has 1 aliphatic heterocycles. The standard InChI is InChI=1S/C13H14N2O/c1-9-3-5-11(6-4-9)14-12-13(7-8-13)15-10(2)16-12/h3-6H,7-8H2,1-2H3. The minimum Gasteiger partial charge on any atom is -0.427 e. The summed E-state index contributed by atoms with van der Waals surface area (Å²) in [4.78, 5) is 9.04. The van der Waals surface area contributed by atoms with Crippen molar-refractivity contribution in [3.8, 4) is 0 Å². The molecule has 0 radical (unpaired) electrons. The van der Waals surface area contributed by atoms with E-state index in [1.54, 1.807) is 0 Å². The van der Waals surface area contributed by atoms with Crippen LogP contribution in [0.2, 0.25) is 0 Å². The number of aryl methyl sites for hydroxylation is 1. The lowest BCUT2D eigenvalue weighted by molar-refractivity contribution is 0.545. The molecule has 82 valence electrons. The summed E-state index contributed by atoms with van der Waals surface area (Å²) in [7, 11) is 0. The van der Waals surface area contributed by atoms with Gasteiger partial charge in [-0.15, -0.1) is 0 Å². The van der Waals surface area contributed by atoms with Gasteiger partial charge in [0.15, 0.2) is 5.90 Å². The number of ether oxygens (including phenoxy) is 1. The zero-order valence-electron chi connectivity index (χ0n) is 9.53. The Balaban J connectivity index is 1.91. The van der Waals surface area contributed by atoms with Crippen molar-refractivity contribution in [3.63, 3.8) is 0 Å². The molecule has 0 amide bonds. The summed E-state index contributed by atoms with van der Waals surface area (Å²) >= 11 is 0. The predicted molar refractivity (Wildman–Crippen MR) is 64.4 cm³/mol. The van der Waals surface area contributed by atoms with E-state index in [2.05, 4.69) is 29.0 Å². The molecule has 1 spiro atoms. The summed E-state index contributed by atoms with van der Waals surface area (Å²) in [5.74, 6) is 1.51. The van der Waals surface area contributed by atoms with Crippen LogP contribution in [0.1, 0.15) is 25.3 Å². The number of hydrogen-bond acceptors (Lipinski definition) is 3. The van der Waals surface area contributed by atoms with Crippen LogP contribution in [0.5, 0.6) is 0 Å². The summed E-state index contributed by atoms with van der Waals surface area (Å²) in [5.41, 5.74) is 2.08. The van der Waals surface area contributed by atoms with Crippen LogP contribution in [0.15, 0.2) is 34.3 Å². The van der Waals surface area contributed by atoms with E-state index in [4.69, 9.17) is 4.74 Å². The van der Waals surface area contributed by atoms with Gasteiger partial charge < -0.3 is 4.74 Å². The molecular weight excluding hydrogens is 200 g/mol.